The molecule has 0 spiro atoms. The van der Waals surface area contributed by atoms with Gasteiger partial charge in [-0.25, -0.2) is 9.07 Å². The summed E-state index contributed by atoms with van der Waals surface area (Å²) < 4.78 is 22.6. The fourth-order valence-corrected chi connectivity index (χ4v) is 2.32. The highest BCUT2D eigenvalue weighted by Crippen LogP contribution is 2.24. The normalized spacial score (nSPS) is 15.4. The van der Waals surface area contributed by atoms with Crippen molar-refractivity contribution in [3.05, 3.63) is 32.8 Å². The Labute approximate surface area is 98.3 Å². The molecule has 1 aromatic heterocycles. The van der Waals surface area contributed by atoms with E-state index in [2.05, 4.69) is 15.9 Å². The van der Waals surface area contributed by atoms with Crippen LogP contribution in [0.1, 0.15) is 0 Å². The summed E-state index contributed by atoms with van der Waals surface area (Å²) in [5.41, 5.74) is 0.142. The van der Waals surface area contributed by atoms with Gasteiger partial charge in [-0.2, -0.15) is 0 Å². The minimum absolute atomic E-state index is 0.185. The second kappa shape index (κ2) is 3.43. The Balaban J connectivity index is 2.50. The molecule has 0 aliphatic carbocycles. The van der Waals surface area contributed by atoms with Crippen molar-refractivity contribution < 1.29 is 9.13 Å². The average Bonchev–Trinajstić information content (AvgIpc) is 2.59. The first kappa shape index (κ1) is 10.0. The van der Waals surface area contributed by atoms with Crippen LogP contribution in [-0.4, -0.2) is 16.0 Å². The molecule has 0 fully saturated rings. The molecule has 16 heavy (non-hydrogen) atoms. The van der Waals surface area contributed by atoms with Crippen LogP contribution in [0.3, 0.4) is 0 Å². The van der Waals surface area contributed by atoms with Crippen LogP contribution in [0, 0.1) is 5.82 Å². The summed E-state index contributed by atoms with van der Waals surface area (Å²) in [6.45, 7) is 1.17. The van der Waals surface area contributed by atoms with E-state index in [1.807, 2.05) is 0 Å². The van der Waals surface area contributed by atoms with E-state index >= 15 is 0 Å². The Morgan fingerprint density at radius 3 is 3.00 bits per heavy atom. The van der Waals surface area contributed by atoms with Crippen molar-refractivity contribution in [2.24, 2.45) is 0 Å². The first-order valence-corrected chi connectivity index (χ1v) is 5.64. The van der Waals surface area contributed by atoms with E-state index in [9.17, 15) is 9.18 Å². The molecule has 6 heteroatoms. The lowest BCUT2D eigenvalue weighted by Crippen LogP contribution is -2.30. The van der Waals surface area contributed by atoms with E-state index < -0.39 is 5.82 Å². The number of hydrogen-bond acceptors (Lipinski definition) is 2. The summed E-state index contributed by atoms with van der Waals surface area (Å²) >= 11 is 3.12. The molecule has 1 aliphatic rings. The molecule has 0 saturated heterocycles. The molecule has 3 rings (SSSR count). The van der Waals surface area contributed by atoms with Gasteiger partial charge in [0, 0.05) is 0 Å². The first-order chi connectivity index (χ1) is 7.70. The average molecular weight is 287 g/mol. The number of aromatic nitrogens is 2. The lowest BCUT2D eigenvalue weighted by atomic mass is 10.2. The largest absolute Gasteiger partial charge is 0.357 e. The fourth-order valence-electron chi connectivity index (χ4n) is 2.00. The van der Waals surface area contributed by atoms with Crippen molar-refractivity contribution in [1.29, 1.82) is 0 Å². The summed E-state index contributed by atoms with van der Waals surface area (Å²) in [6.07, 6.45) is 0. The molecule has 0 unspecified atom stereocenters. The Bertz CT molecular complexity index is 632. The van der Waals surface area contributed by atoms with E-state index in [1.165, 1.54) is 4.68 Å². The number of ether oxygens (including phenoxy) is 1. The zero-order chi connectivity index (χ0) is 11.3. The van der Waals surface area contributed by atoms with Crippen molar-refractivity contribution in [1.82, 2.24) is 9.36 Å². The summed E-state index contributed by atoms with van der Waals surface area (Å²) in [7, 11) is 0. The van der Waals surface area contributed by atoms with Gasteiger partial charge in [0.2, 0.25) is 0 Å². The van der Waals surface area contributed by atoms with Crippen LogP contribution in [0.4, 0.5) is 4.39 Å². The molecule has 0 atom stereocenters. The van der Waals surface area contributed by atoms with Gasteiger partial charge < -0.3 is 4.74 Å². The Hall–Kier alpha value is -1.14. The molecule has 0 radical (unpaired) electrons. The number of nitrogens with zero attached hydrogens (tertiary/aromatic N) is 2. The molecule has 0 N–H and O–H groups in total. The number of rotatable bonds is 0. The van der Waals surface area contributed by atoms with Crippen LogP contribution in [-0.2, 0) is 18.0 Å². The van der Waals surface area contributed by atoms with Crippen molar-refractivity contribution in [2.75, 3.05) is 6.61 Å². The highest BCUT2D eigenvalue weighted by atomic mass is 79.9. The van der Waals surface area contributed by atoms with Gasteiger partial charge in [0.05, 0.1) is 23.0 Å². The summed E-state index contributed by atoms with van der Waals surface area (Å²) in [5.74, 6) is -0.393. The zero-order valence-electron chi connectivity index (χ0n) is 8.24. The van der Waals surface area contributed by atoms with Crippen molar-refractivity contribution in [3.8, 4) is 0 Å². The SMILES string of the molecule is O=c1c2ccc(Br)c(F)c2n2n1COCC2. The second-order valence-corrected chi connectivity index (χ2v) is 4.48. The van der Waals surface area contributed by atoms with Gasteiger partial charge in [0.15, 0.2) is 5.82 Å². The summed E-state index contributed by atoms with van der Waals surface area (Å²) in [6, 6.07) is 3.18. The van der Waals surface area contributed by atoms with E-state index in [1.54, 1.807) is 16.8 Å². The number of fused-ring (bicyclic) bond motifs is 3. The third-order valence-electron chi connectivity index (χ3n) is 2.74. The van der Waals surface area contributed by atoms with E-state index in [0.717, 1.165) is 0 Å². The van der Waals surface area contributed by atoms with Gasteiger partial charge in [0.25, 0.3) is 5.56 Å². The van der Waals surface area contributed by atoms with Gasteiger partial charge in [-0.05, 0) is 28.1 Å². The van der Waals surface area contributed by atoms with Gasteiger partial charge in [0.1, 0.15) is 12.2 Å². The molecule has 0 saturated carbocycles. The molecule has 84 valence electrons. The predicted molar refractivity (Wildman–Crippen MR) is 59.8 cm³/mol. The molecule has 1 aliphatic heterocycles. The Morgan fingerprint density at radius 2 is 2.19 bits per heavy atom. The third kappa shape index (κ3) is 1.20. The molecular weight excluding hydrogens is 279 g/mol. The van der Waals surface area contributed by atoms with Crippen LogP contribution in [0.5, 0.6) is 0 Å². The van der Waals surface area contributed by atoms with Crippen molar-refractivity contribution in [3.63, 3.8) is 0 Å². The highest BCUT2D eigenvalue weighted by molar-refractivity contribution is 9.10. The molecule has 2 heterocycles. The second-order valence-electron chi connectivity index (χ2n) is 3.62. The maximum atomic E-state index is 13.9. The molecule has 1 aromatic carbocycles. The molecule has 0 bridgehead atoms. The minimum atomic E-state index is -0.393. The fraction of sp³-hybridized carbons (Fsp3) is 0.300. The highest BCUT2D eigenvalue weighted by Gasteiger charge is 2.20. The van der Waals surface area contributed by atoms with Gasteiger partial charge >= 0.3 is 0 Å². The standard InChI is InChI=1S/C10H8BrFN2O2/c11-7-2-1-6-9(8(7)12)13-3-4-16-5-14(13)10(6)15/h1-2H,3-5H2. The molecule has 0 amide bonds. The smallest absolute Gasteiger partial charge is 0.276 e. The van der Waals surface area contributed by atoms with Crippen LogP contribution >= 0.6 is 15.9 Å². The summed E-state index contributed by atoms with van der Waals surface area (Å²) in [4.78, 5) is 11.9. The van der Waals surface area contributed by atoms with Crippen molar-refractivity contribution >= 4 is 26.8 Å². The topological polar surface area (TPSA) is 36.2 Å². The van der Waals surface area contributed by atoms with Crippen LogP contribution in [0.15, 0.2) is 21.4 Å². The van der Waals surface area contributed by atoms with E-state index in [-0.39, 0.29) is 12.3 Å². The van der Waals surface area contributed by atoms with Crippen LogP contribution < -0.4 is 5.56 Å². The summed E-state index contributed by atoms with van der Waals surface area (Å²) in [5, 5.41) is 0.395. The van der Waals surface area contributed by atoms with Crippen LogP contribution in [0.2, 0.25) is 0 Å². The predicted octanol–water partition coefficient (Wildman–Crippen LogP) is 1.69. The Kier molecular flexibility index (Phi) is 2.15. The van der Waals surface area contributed by atoms with Gasteiger partial charge in [-0.3, -0.25) is 9.48 Å². The van der Waals surface area contributed by atoms with E-state index in [0.29, 0.717) is 28.5 Å². The zero-order valence-corrected chi connectivity index (χ0v) is 9.83. The minimum Gasteiger partial charge on any atom is -0.357 e. The van der Waals surface area contributed by atoms with Crippen molar-refractivity contribution in [2.45, 2.75) is 13.3 Å². The van der Waals surface area contributed by atoms with Crippen LogP contribution in [0.25, 0.3) is 10.9 Å². The van der Waals surface area contributed by atoms with Gasteiger partial charge in [-0.1, -0.05) is 0 Å². The maximum Gasteiger partial charge on any atom is 0.276 e. The van der Waals surface area contributed by atoms with Gasteiger partial charge in [-0.15, -0.1) is 0 Å². The quantitative estimate of drug-likeness (QED) is 0.739. The monoisotopic (exact) mass is 286 g/mol. The lowest BCUT2D eigenvalue weighted by molar-refractivity contribution is 0.0153. The molecule has 4 nitrogen and oxygen atoms in total. The number of hydrogen-bond donors (Lipinski definition) is 0. The molecular formula is C10H8BrFN2O2. The Morgan fingerprint density at radius 1 is 1.38 bits per heavy atom. The number of halogens is 2. The number of benzene rings is 1. The third-order valence-corrected chi connectivity index (χ3v) is 3.36. The molecule has 2 aromatic rings. The maximum absolute atomic E-state index is 13.9. The van der Waals surface area contributed by atoms with E-state index in [4.69, 9.17) is 4.74 Å². The lowest BCUT2D eigenvalue weighted by Gasteiger charge is -2.18. The first-order valence-electron chi connectivity index (χ1n) is 4.85.